The Morgan fingerprint density at radius 2 is 1.76 bits per heavy atom. The van der Waals surface area contributed by atoms with Crippen LogP contribution in [0.5, 0.6) is 5.75 Å². The molecular weight excluding hydrogens is 531 g/mol. The van der Waals surface area contributed by atoms with Crippen LogP contribution in [0.2, 0.25) is 0 Å². The predicted octanol–water partition coefficient (Wildman–Crippen LogP) is 10.3. The molecule has 0 bridgehead atoms. The third-order valence-electron chi connectivity index (χ3n) is 9.03. The fraction of sp³-hybridized carbons (Fsp3) is 0.205. The summed E-state index contributed by atoms with van der Waals surface area (Å²) in [5.41, 5.74) is 12.3. The molecule has 5 aromatic rings. The maximum atomic E-state index is 5.57. The number of para-hydroxylation sites is 1. The first-order valence-corrected chi connectivity index (χ1v) is 15.9. The van der Waals surface area contributed by atoms with E-state index >= 15 is 0 Å². The molecule has 0 radical (unpaired) electrons. The first-order chi connectivity index (χ1) is 20.8. The van der Waals surface area contributed by atoms with E-state index in [0.717, 1.165) is 30.5 Å². The Hall–Kier alpha value is -4.08. The summed E-state index contributed by atoms with van der Waals surface area (Å²) in [5, 5.41) is 1.21. The maximum Gasteiger partial charge on any atom is 0.119 e. The first-order valence-electron chi connectivity index (χ1n) is 15.1. The lowest BCUT2D eigenvalue weighted by Crippen LogP contribution is -2.13. The van der Waals surface area contributed by atoms with Crippen LogP contribution in [0.3, 0.4) is 0 Å². The summed E-state index contributed by atoms with van der Waals surface area (Å²) in [6, 6.07) is 30.7. The van der Waals surface area contributed by atoms with Crippen molar-refractivity contribution < 1.29 is 4.74 Å². The second-order valence-electron chi connectivity index (χ2n) is 11.7. The van der Waals surface area contributed by atoms with Crippen molar-refractivity contribution >= 4 is 34.8 Å². The van der Waals surface area contributed by atoms with E-state index in [4.69, 9.17) is 9.72 Å². The highest BCUT2D eigenvalue weighted by Crippen LogP contribution is 2.48. The summed E-state index contributed by atoms with van der Waals surface area (Å²) in [6.07, 6.45) is 15.3. The zero-order valence-electron chi connectivity index (χ0n) is 23.8. The fourth-order valence-electron chi connectivity index (χ4n) is 6.80. The van der Waals surface area contributed by atoms with Gasteiger partial charge in [-0.05, 0) is 89.8 Å². The van der Waals surface area contributed by atoms with Crippen LogP contribution in [0.4, 0.5) is 0 Å². The van der Waals surface area contributed by atoms with E-state index in [0.29, 0.717) is 11.8 Å². The normalized spacial score (nSPS) is 17.2. The van der Waals surface area contributed by atoms with E-state index in [9.17, 15) is 0 Å². The Kier molecular flexibility index (Phi) is 6.49. The molecule has 3 aliphatic carbocycles. The van der Waals surface area contributed by atoms with Gasteiger partial charge in [-0.25, -0.2) is 0 Å². The zero-order chi connectivity index (χ0) is 28.0. The minimum atomic E-state index is 0.319. The van der Waals surface area contributed by atoms with Gasteiger partial charge in [0, 0.05) is 32.6 Å². The summed E-state index contributed by atoms with van der Waals surface area (Å²) in [5.74, 6) is 1.74. The highest BCUT2D eigenvalue weighted by atomic mass is 32.2. The van der Waals surface area contributed by atoms with Crippen LogP contribution in [0, 0.1) is 0 Å². The number of fused-ring (bicyclic) bond motifs is 6. The average Bonchev–Trinajstić information content (AvgIpc) is 3.90. The van der Waals surface area contributed by atoms with Crippen molar-refractivity contribution in [3.05, 3.63) is 131 Å². The minimum absolute atomic E-state index is 0.319. The smallest absolute Gasteiger partial charge is 0.119 e. The maximum absolute atomic E-state index is 5.57. The van der Waals surface area contributed by atoms with Crippen LogP contribution in [0.1, 0.15) is 64.6 Å². The lowest BCUT2D eigenvalue weighted by atomic mass is 9.74. The van der Waals surface area contributed by atoms with E-state index in [1.54, 1.807) is 12.7 Å². The molecule has 0 amide bonds. The number of benzene rings is 4. The van der Waals surface area contributed by atoms with Crippen molar-refractivity contribution in [2.24, 2.45) is 0 Å². The van der Waals surface area contributed by atoms with Gasteiger partial charge in [-0.15, -0.1) is 0 Å². The zero-order valence-corrected chi connectivity index (χ0v) is 24.7. The summed E-state index contributed by atoms with van der Waals surface area (Å²) in [6.45, 7) is 0. The molecule has 0 spiro atoms. The minimum Gasteiger partial charge on any atom is -0.497 e. The van der Waals surface area contributed by atoms with E-state index in [1.807, 2.05) is 17.8 Å². The summed E-state index contributed by atoms with van der Waals surface area (Å²) in [4.78, 5) is 7.75. The molecule has 4 aromatic carbocycles. The summed E-state index contributed by atoms with van der Waals surface area (Å²) < 4.78 is 5.57. The van der Waals surface area contributed by atoms with Crippen LogP contribution in [0.15, 0.2) is 107 Å². The molecule has 1 aromatic heterocycles. The number of ether oxygens (including phenoxy) is 1. The monoisotopic (exact) mass is 563 g/mol. The van der Waals surface area contributed by atoms with E-state index < -0.39 is 0 Å². The first kappa shape index (κ1) is 25.6. The van der Waals surface area contributed by atoms with Crippen molar-refractivity contribution in [1.29, 1.82) is 0 Å². The van der Waals surface area contributed by atoms with Crippen LogP contribution in [-0.4, -0.2) is 12.1 Å². The van der Waals surface area contributed by atoms with Gasteiger partial charge in [0.15, 0.2) is 0 Å². The second kappa shape index (κ2) is 10.6. The third kappa shape index (κ3) is 4.57. The molecule has 1 heterocycles. The Balaban J connectivity index is 1.27. The molecule has 1 unspecified atom stereocenters. The fourth-order valence-corrected chi connectivity index (χ4v) is 7.92. The number of nitrogens with zero attached hydrogens (tertiary/aromatic N) is 1. The molecule has 3 heteroatoms. The van der Waals surface area contributed by atoms with Gasteiger partial charge in [-0.3, -0.25) is 4.98 Å². The van der Waals surface area contributed by atoms with Gasteiger partial charge in [0.2, 0.25) is 0 Å². The Morgan fingerprint density at radius 3 is 2.67 bits per heavy atom. The highest BCUT2D eigenvalue weighted by molar-refractivity contribution is 7.99. The van der Waals surface area contributed by atoms with Gasteiger partial charge >= 0.3 is 0 Å². The van der Waals surface area contributed by atoms with Crippen molar-refractivity contribution in [2.45, 2.75) is 53.7 Å². The van der Waals surface area contributed by atoms with Gasteiger partial charge in [0.1, 0.15) is 5.75 Å². The van der Waals surface area contributed by atoms with Gasteiger partial charge in [0.25, 0.3) is 0 Å². The molecule has 1 saturated carbocycles. The number of hydrogen-bond donors (Lipinski definition) is 0. The van der Waals surface area contributed by atoms with Gasteiger partial charge in [-0.2, -0.15) is 0 Å². The van der Waals surface area contributed by atoms with Gasteiger partial charge in [-0.1, -0.05) is 96.7 Å². The molecule has 0 aliphatic heterocycles. The second-order valence-corrected chi connectivity index (χ2v) is 12.8. The Morgan fingerprint density at radius 1 is 0.881 bits per heavy atom. The van der Waals surface area contributed by atoms with Crippen molar-refractivity contribution in [1.82, 2.24) is 4.98 Å². The highest BCUT2D eigenvalue weighted by Gasteiger charge is 2.30. The SMILES string of the molecule is COc1cccc(Sc2c(/C=C/C3Cc4c(ccc5c4CCC=C5)-c4ccccc43)c(C3CC3)nc3ccccc23)c1. The van der Waals surface area contributed by atoms with Crippen LogP contribution < -0.4 is 4.74 Å². The number of hydrogen-bond acceptors (Lipinski definition) is 3. The number of rotatable bonds is 6. The standard InChI is InChI=1S/C39H33NOS/c1-41-28-10-8-11-29(24-28)42-39-34-15-6-7-16-37(34)40-38(26-17-18-26)35(39)22-20-27-23-36-30-12-3-2-9-25(30)19-21-33(36)32-14-5-4-13-31(27)32/h2,4-11,13-16,19-22,24,26-27H,3,12,17-18,23H2,1H3/b22-20+. The van der Waals surface area contributed by atoms with Crippen molar-refractivity contribution in [3.63, 3.8) is 0 Å². The predicted molar refractivity (Wildman–Crippen MR) is 176 cm³/mol. The van der Waals surface area contributed by atoms with Gasteiger partial charge < -0.3 is 4.74 Å². The molecule has 3 aliphatic rings. The lowest BCUT2D eigenvalue weighted by molar-refractivity contribution is 0.413. The molecule has 1 atom stereocenters. The number of methoxy groups -OCH3 is 1. The van der Waals surface area contributed by atoms with E-state index in [1.165, 1.54) is 67.1 Å². The van der Waals surface area contributed by atoms with Gasteiger partial charge in [0.05, 0.1) is 18.3 Å². The number of aromatic nitrogens is 1. The van der Waals surface area contributed by atoms with Crippen molar-refractivity contribution in [3.8, 4) is 16.9 Å². The van der Waals surface area contributed by atoms with Crippen molar-refractivity contribution in [2.75, 3.05) is 7.11 Å². The van der Waals surface area contributed by atoms with Crippen LogP contribution in [0.25, 0.3) is 34.2 Å². The van der Waals surface area contributed by atoms with Crippen LogP contribution in [-0.2, 0) is 12.8 Å². The molecule has 0 saturated heterocycles. The number of pyridine rings is 1. The Bertz CT molecular complexity index is 1900. The molecule has 2 nitrogen and oxygen atoms in total. The largest absolute Gasteiger partial charge is 0.497 e. The average molecular weight is 564 g/mol. The summed E-state index contributed by atoms with van der Waals surface area (Å²) >= 11 is 1.83. The third-order valence-corrected chi connectivity index (χ3v) is 10.2. The molecule has 8 rings (SSSR count). The molecule has 42 heavy (non-hydrogen) atoms. The summed E-state index contributed by atoms with van der Waals surface area (Å²) in [7, 11) is 1.73. The number of allylic oxidation sites excluding steroid dienone is 2. The molecule has 0 N–H and O–H groups in total. The lowest BCUT2D eigenvalue weighted by Gasteiger charge is -2.29. The molecule has 1 fully saturated rings. The van der Waals surface area contributed by atoms with Crippen LogP contribution >= 0.6 is 11.8 Å². The Labute approximate surface area is 252 Å². The molecule has 206 valence electrons. The molecular formula is C39H33NOS. The topological polar surface area (TPSA) is 22.1 Å². The van der Waals surface area contributed by atoms with E-state index in [-0.39, 0.29) is 0 Å². The van der Waals surface area contributed by atoms with E-state index in [2.05, 4.69) is 103 Å². The quantitative estimate of drug-likeness (QED) is 0.205.